The summed E-state index contributed by atoms with van der Waals surface area (Å²) in [4.78, 5) is 26.4. The maximum absolute atomic E-state index is 12.4. The average Bonchev–Trinajstić information content (AvgIpc) is 2.63. The van der Waals surface area contributed by atoms with Gasteiger partial charge in [-0.15, -0.1) is 0 Å². The summed E-state index contributed by atoms with van der Waals surface area (Å²) in [5.74, 6) is -1.04. The molecule has 0 aliphatic carbocycles. The van der Waals surface area contributed by atoms with Gasteiger partial charge in [-0.05, 0) is 32.4 Å². The van der Waals surface area contributed by atoms with Crippen molar-refractivity contribution in [3.05, 3.63) is 41.6 Å². The van der Waals surface area contributed by atoms with E-state index in [1.807, 2.05) is 31.7 Å². The molecular weight excluding hydrogens is 318 g/mol. The topological polar surface area (TPSA) is 82.4 Å². The number of esters is 1. The van der Waals surface area contributed by atoms with Gasteiger partial charge < -0.3 is 15.0 Å². The first kappa shape index (κ1) is 20.2. The van der Waals surface area contributed by atoms with Gasteiger partial charge in [-0.25, -0.2) is 4.79 Å². The zero-order valence-electron chi connectivity index (χ0n) is 15.0. The number of nitrogens with zero attached hydrogens (tertiary/aromatic N) is 2. The molecule has 6 heteroatoms. The predicted molar refractivity (Wildman–Crippen MR) is 96.9 cm³/mol. The van der Waals surface area contributed by atoms with Crippen LogP contribution in [0.3, 0.4) is 0 Å². The molecule has 0 bridgehead atoms. The molecule has 1 aromatic rings. The van der Waals surface area contributed by atoms with Crippen molar-refractivity contribution < 1.29 is 14.3 Å². The van der Waals surface area contributed by atoms with Crippen molar-refractivity contribution in [1.29, 1.82) is 5.26 Å². The molecule has 0 heterocycles. The third-order valence-electron chi connectivity index (χ3n) is 3.62. The van der Waals surface area contributed by atoms with E-state index in [1.165, 1.54) is 6.20 Å². The Morgan fingerprint density at radius 2 is 1.92 bits per heavy atom. The van der Waals surface area contributed by atoms with E-state index in [-0.39, 0.29) is 11.1 Å². The number of ether oxygens (including phenoxy) is 1. The largest absolute Gasteiger partial charge is 0.462 e. The molecule has 1 N–H and O–H groups in total. The van der Waals surface area contributed by atoms with Crippen LogP contribution in [0, 0.1) is 11.3 Å². The molecule has 1 aromatic carbocycles. The van der Waals surface area contributed by atoms with E-state index in [0.29, 0.717) is 25.4 Å². The maximum atomic E-state index is 12.4. The summed E-state index contributed by atoms with van der Waals surface area (Å²) in [6.45, 7) is 7.60. The number of hydrogen-bond acceptors (Lipinski definition) is 5. The van der Waals surface area contributed by atoms with Gasteiger partial charge in [0.15, 0.2) is 0 Å². The highest BCUT2D eigenvalue weighted by molar-refractivity contribution is 6.09. The van der Waals surface area contributed by atoms with Gasteiger partial charge in [0.1, 0.15) is 11.6 Å². The number of hydrogen-bond donors (Lipinski definition) is 1. The first-order valence-electron chi connectivity index (χ1n) is 8.50. The minimum absolute atomic E-state index is 0.0159. The normalized spacial score (nSPS) is 10.7. The van der Waals surface area contributed by atoms with E-state index in [0.717, 1.165) is 12.8 Å². The van der Waals surface area contributed by atoms with Gasteiger partial charge in [-0.3, -0.25) is 4.79 Å². The van der Waals surface area contributed by atoms with Crippen molar-refractivity contribution >= 4 is 17.6 Å². The van der Waals surface area contributed by atoms with Gasteiger partial charge in [0.2, 0.25) is 0 Å². The summed E-state index contributed by atoms with van der Waals surface area (Å²) >= 11 is 0. The molecule has 0 radical (unpaired) electrons. The highest BCUT2D eigenvalue weighted by atomic mass is 16.5. The Hall–Kier alpha value is -2.81. The molecule has 134 valence electrons. The monoisotopic (exact) mass is 343 g/mol. The molecule has 6 nitrogen and oxygen atoms in total. The van der Waals surface area contributed by atoms with Crippen LogP contribution in [0.2, 0.25) is 0 Å². The number of anilines is 1. The summed E-state index contributed by atoms with van der Waals surface area (Å²) in [5.41, 5.74) is 0.583. The summed E-state index contributed by atoms with van der Waals surface area (Å²) in [6.07, 6.45) is 3.23. The van der Waals surface area contributed by atoms with Crippen LogP contribution in [-0.2, 0) is 9.53 Å². The van der Waals surface area contributed by atoms with Crippen LogP contribution < -0.4 is 5.32 Å². The standard InChI is InChI=1S/C19H25N3O3/c1-4-7-12-25-19(24)16-10-8-9-11-17(16)21-18(23)15(13-20)14-22(5-2)6-3/h8-11,14H,4-7,12H2,1-3H3,(H,21,23)/b15-14-. The quantitative estimate of drug-likeness (QED) is 0.322. The molecule has 0 fully saturated rings. The van der Waals surface area contributed by atoms with Crippen LogP contribution in [0.25, 0.3) is 0 Å². The predicted octanol–water partition coefficient (Wildman–Crippen LogP) is 3.33. The molecule has 0 saturated carbocycles. The highest BCUT2D eigenvalue weighted by Gasteiger charge is 2.17. The summed E-state index contributed by atoms with van der Waals surface area (Å²) < 4.78 is 5.20. The smallest absolute Gasteiger partial charge is 0.340 e. The molecule has 1 rings (SSSR count). The molecule has 0 atom stereocenters. The number of rotatable bonds is 9. The molecule has 0 aliphatic heterocycles. The lowest BCUT2D eigenvalue weighted by atomic mass is 10.1. The van der Waals surface area contributed by atoms with E-state index in [2.05, 4.69) is 5.32 Å². The van der Waals surface area contributed by atoms with Gasteiger partial charge in [-0.1, -0.05) is 25.5 Å². The first-order valence-corrected chi connectivity index (χ1v) is 8.50. The highest BCUT2D eigenvalue weighted by Crippen LogP contribution is 2.17. The van der Waals surface area contributed by atoms with Crippen molar-refractivity contribution in [2.75, 3.05) is 25.0 Å². The van der Waals surface area contributed by atoms with Crippen molar-refractivity contribution in [2.24, 2.45) is 0 Å². The minimum Gasteiger partial charge on any atom is -0.462 e. The second kappa shape index (κ2) is 10.9. The lowest BCUT2D eigenvalue weighted by molar-refractivity contribution is -0.112. The molecule has 0 aromatic heterocycles. The molecule has 0 unspecified atom stereocenters. The molecule has 0 saturated heterocycles. The maximum Gasteiger partial charge on any atom is 0.340 e. The van der Waals surface area contributed by atoms with Crippen molar-refractivity contribution in [3.8, 4) is 6.07 Å². The third-order valence-corrected chi connectivity index (χ3v) is 3.62. The molecular formula is C19H25N3O3. The van der Waals surface area contributed by atoms with Crippen LogP contribution in [0.5, 0.6) is 0 Å². The van der Waals surface area contributed by atoms with Gasteiger partial charge in [0.05, 0.1) is 17.9 Å². The summed E-state index contributed by atoms with van der Waals surface area (Å²) in [7, 11) is 0. The van der Waals surface area contributed by atoms with E-state index in [9.17, 15) is 14.9 Å². The van der Waals surface area contributed by atoms with E-state index < -0.39 is 11.9 Å². The number of nitriles is 1. The van der Waals surface area contributed by atoms with Crippen LogP contribution in [0.1, 0.15) is 44.0 Å². The Labute approximate surface area is 149 Å². The lowest BCUT2D eigenvalue weighted by Crippen LogP contribution is -2.21. The summed E-state index contributed by atoms with van der Waals surface area (Å²) in [6, 6.07) is 8.51. The Morgan fingerprint density at radius 3 is 2.52 bits per heavy atom. The zero-order valence-corrected chi connectivity index (χ0v) is 15.0. The first-order chi connectivity index (χ1) is 12.1. The van der Waals surface area contributed by atoms with Crippen LogP contribution >= 0.6 is 0 Å². The van der Waals surface area contributed by atoms with Crippen molar-refractivity contribution in [3.63, 3.8) is 0 Å². The Bertz CT molecular complexity index is 658. The second-order valence-corrected chi connectivity index (χ2v) is 5.36. The second-order valence-electron chi connectivity index (χ2n) is 5.36. The number of benzene rings is 1. The Morgan fingerprint density at radius 1 is 1.24 bits per heavy atom. The van der Waals surface area contributed by atoms with E-state index >= 15 is 0 Å². The molecule has 25 heavy (non-hydrogen) atoms. The minimum atomic E-state index is -0.553. The van der Waals surface area contributed by atoms with Gasteiger partial charge in [0, 0.05) is 19.3 Å². The fourth-order valence-corrected chi connectivity index (χ4v) is 2.07. The third kappa shape index (κ3) is 6.30. The number of carbonyl (C=O) groups is 2. The lowest BCUT2D eigenvalue weighted by Gasteiger charge is -2.16. The van der Waals surface area contributed by atoms with Crippen molar-refractivity contribution in [2.45, 2.75) is 33.6 Å². The fraction of sp³-hybridized carbons (Fsp3) is 0.421. The van der Waals surface area contributed by atoms with Gasteiger partial charge >= 0.3 is 5.97 Å². The Kier molecular flexibility index (Phi) is 8.80. The van der Waals surface area contributed by atoms with Crippen LogP contribution in [0.4, 0.5) is 5.69 Å². The molecule has 1 amide bonds. The van der Waals surface area contributed by atoms with Gasteiger partial charge in [0.25, 0.3) is 5.91 Å². The number of amides is 1. The molecule has 0 aliphatic rings. The SMILES string of the molecule is CCCCOC(=O)c1ccccc1NC(=O)/C(C#N)=C\N(CC)CC. The fourth-order valence-electron chi connectivity index (χ4n) is 2.07. The average molecular weight is 343 g/mol. The van der Waals surface area contributed by atoms with E-state index in [1.54, 1.807) is 24.3 Å². The van der Waals surface area contributed by atoms with Gasteiger partial charge in [-0.2, -0.15) is 5.26 Å². The zero-order chi connectivity index (χ0) is 18.7. The van der Waals surface area contributed by atoms with Crippen LogP contribution in [0.15, 0.2) is 36.0 Å². The van der Waals surface area contributed by atoms with E-state index in [4.69, 9.17) is 4.74 Å². The van der Waals surface area contributed by atoms with Crippen molar-refractivity contribution in [1.82, 2.24) is 4.90 Å². The number of unbranched alkanes of at least 4 members (excludes halogenated alkanes) is 1. The summed E-state index contributed by atoms with van der Waals surface area (Å²) in [5, 5.41) is 11.9. The van der Waals surface area contributed by atoms with Crippen LogP contribution in [-0.4, -0.2) is 36.5 Å². The Balaban J connectivity index is 2.93. The number of para-hydroxylation sites is 1. The molecule has 0 spiro atoms. The number of carbonyl (C=O) groups excluding carboxylic acids is 2. The number of nitrogens with one attached hydrogen (secondary N) is 1.